The molecule has 11 nitrogen and oxygen atoms in total. The van der Waals surface area contributed by atoms with Gasteiger partial charge in [0.2, 0.25) is 5.91 Å². The lowest BCUT2D eigenvalue weighted by molar-refractivity contribution is -0.156. The largest absolute Gasteiger partial charge is 0.467 e. The van der Waals surface area contributed by atoms with Gasteiger partial charge in [0.25, 0.3) is 0 Å². The second kappa shape index (κ2) is 22.4. The molecule has 2 aliphatic rings. The lowest BCUT2D eigenvalue weighted by atomic mass is 9.89. The fourth-order valence-electron chi connectivity index (χ4n) is 5.94. The Bertz CT molecular complexity index is 1460. The molecule has 2 aliphatic heterocycles. The average Bonchev–Trinajstić information content (AvgIpc) is 3.16. The summed E-state index contributed by atoms with van der Waals surface area (Å²) in [5.41, 5.74) is 1.21. The van der Waals surface area contributed by atoms with Crippen LogP contribution in [-0.4, -0.2) is 134 Å². The molecule has 282 valence electrons. The number of carbonyl (C=O) groups is 4. The highest BCUT2D eigenvalue weighted by atomic mass is 35.5. The molecule has 0 saturated carbocycles. The minimum absolute atomic E-state index is 0.0885. The second-order valence-corrected chi connectivity index (χ2v) is 13.0. The maximum Gasteiger partial charge on any atom is 0.411 e. The summed E-state index contributed by atoms with van der Waals surface area (Å²) in [4.78, 5) is 57.6. The number of rotatable bonds is 9. The fourth-order valence-corrected chi connectivity index (χ4v) is 5.94. The molecule has 52 heavy (non-hydrogen) atoms. The molecule has 12 heteroatoms. The number of terminal acetylenes is 2. The number of amides is 2. The predicted molar refractivity (Wildman–Crippen MR) is 203 cm³/mol. The van der Waals surface area contributed by atoms with Gasteiger partial charge in [-0.2, -0.15) is 0 Å². The molecule has 2 aromatic carbocycles. The van der Waals surface area contributed by atoms with Crippen LogP contribution in [0.15, 0.2) is 60.7 Å². The van der Waals surface area contributed by atoms with Crippen LogP contribution in [0.1, 0.15) is 50.7 Å². The van der Waals surface area contributed by atoms with E-state index in [-0.39, 0.29) is 5.91 Å². The lowest BCUT2D eigenvalue weighted by Crippen LogP contribution is -2.59. The van der Waals surface area contributed by atoms with Crippen LogP contribution in [0.3, 0.4) is 0 Å². The van der Waals surface area contributed by atoms with Crippen molar-refractivity contribution < 1.29 is 33.4 Å². The smallest absolute Gasteiger partial charge is 0.411 e. The zero-order chi connectivity index (χ0) is 38.7. The van der Waals surface area contributed by atoms with E-state index in [0.29, 0.717) is 65.2 Å². The van der Waals surface area contributed by atoms with Crippen molar-refractivity contribution in [2.24, 2.45) is 0 Å². The molecule has 0 unspecified atom stereocenters. The SMILES string of the molecule is C#CCCN1CCN(C(=O)C(c2ccccc2)c2ccccc2)[C@H](C(=O)OC)C1.C#CCCN1CCN(C(=O)OC(C)(C)C)[C@H](C(=O)OC)C1.CCl. The van der Waals surface area contributed by atoms with Gasteiger partial charge in [0.15, 0.2) is 0 Å². The topological polar surface area (TPSA) is 109 Å². The van der Waals surface area contributed by atoms with Crippen LogP contribution in [0, 0.1) is 24.7 Å². The van der Waals surface area contributed by atoms with Gasteiger partial charge in [-0.3, -0.25) is 19.5 Å². The molecule has 0 spiro atoms. The summed E-state index contributed by atoms with van der Waals surface area (Å²) >= 11 is 4.64. The maximum atomic E-state index is 13.7. The van der Waals surface area contributed by atoms with Crippen LogP contribution in [-0.2, 0) is 28.6 Å². The number of methoxy groups -OCH3 is 2. The molecule has 0 aliphatic carbocycles. The average molecular weight is 737 g/mol. The first-order valence-electron chi connectivity index (χ1n) is 17.2. The minimum Gasteiger partial charge on any atom is -0.467 e. The van der Waals surface area contributed by atoms with Gasteiger partial charge < -0.3 is 19.1 Å². The van der Waals surface area contributed by atoms with Crippen LogP contribution in [0.25, 0.3) is 0 Å². The van der Waals surface area contributed by atoms with Gasteiger partial charge in [-0.25, -0.2) is 14.4 Å². The molecule has 0 N–H and O–H groups in total. The van der Waals surface area contributed by atoms with E-state index >= 15 is 0 Å². The van der Waals surface area contributed by atoms with Crippen LogP contribution in [0.2, 0.25) is 0 Å². The van der Waals surface area contributed by atoms with Gasteiger partial charge in [0.05, 0.1) is 20.1 Å². The number of hydrogen-bond acceptors (Lipinski definition) is 9. The zero-order valence-electron chi connectivity index (χ0n) is 31.3. The Labute approximate surface area is 314 Å². The molecule has 2 atom stereocenters. The molecule has 2 heterocycles. The van der Waals surface area contributed by atoms with Crippen LogP contribution in [0.4, 0.5) is 4.79 Å². The number of carbonyl (C=O) groups excluding carboxylic acids is 4. The second-order valence-electron chi connectivity index (χ2n) is 13.0. The molecular weight excluding hydrogens is 684 g/mol. The van der Waals surface area contributed by atoms with Gasteiger partial charge in [-0.15, -0.1) is 36.3 Å². The summed E-state index contributed by atoms with van der Waals surface area (Å²) in [5.74, 6) is 3.81. The van der Waals surface area contributed by atoms with E-state index in [1.165, 1.54) is 25.5 Å². The van der Waals surface area contributed by atoms with Gasteiger partial charge in [-0.05, 0) is 31.9 Å². The van der Waals surface area contributed by atoms with Gasteiger partial charge in [-0.1, -0.05) is 60.7 Å². The Kier molecular flexibility index (Phi) is 18.8. The van der Waals surface area contributed by atoms with Crippen molar-refractivity contribution in [2.75, 3.05) is 73.0 Å². The summed E-state index contributed by atoms with van der Waals surface area (Å²) in [7, 11) is 2.67. The van der Waals surface area contributed by atoms with E-state index in [2.05, 4.69) is 33.2 Å². The third-order valence-corrected chi connectivity index (χ3v) is 8.44. The van der Waals surface area contributed by atoms with Crippen molar-refractivity contribution in [3.63, 3.8) is 0 Å². The van der Waals surface area contributed by atoms with E-state index in [1.54, 1.807) is 25.7 Å². The summed E-state index contributed by atoms with van der Waals surface area (Å²) in [6.45, 7) is 9.83. The fraction of sp³-hybridized carbons (Fsp3) is 0.500. The number of hydrogen-bond donors (Lipinski definition) is 0. The predicted octanol–water partition coefficient (Wildman–Crippen LogP) is 4.49. The Morgan fingerprint density at radius 3 is 1.52 bits per heavy atom. The standard InChI is InChI=1S/C24H26N2O3.C15H24N2O4.CH3Cl/c1-3-4-15-25-16-17-26(21(18-25)24(28)29-2)23(27)22(19-11-7-5-8-12-19)20-13-9-6-10-14-20;1-6-7-8-16-9-10-17(12(11-16)13(18)20-5)14(19)21-15(2,3)4;1-2/h1,5-14,21-22H,4,15-18H2,2H3;1,12H,7-11H2,2-5H3;1H3/t21-;12-;/m00./s1. The van der Waals surface area contributed by atoms with Crippen molar-refractivity contribution in [1.29, 1.82) is 0 Å². The van der Waals surface area contributed by atoms with Crippen molar-refractivity contribution >= 4 is 35.5 Å². The van der Waals surface area contributed by atoms with E-state index in [9.17, 15) is 19.2 Å². The Morgan fingerprint density at radius 1 is 0.731 bits per heavy atom. The molecule has 4 rings (SSSR count). The molecule has 2 saturated heterocycles. The first-order chi connectivity index (χ1) is 24.9. The quantitative estimate of drug-likeness (QED) is 0.159. The van der Waals surface area contributed by atoms with Crippen molar-refractivity contribution in [3.8, 4) is 24.7 Å². The highest BCUT2D eigenvalue weighted by Gasteiger charge is 2.40. The summed E-state index contributed by atoms with van der Waals surface area (Å²) in [5, 5.41) is 0. The van der Waals surface area contributed by atoms with Crippen molar-refractivity contribution in [3.05, 3.63) is 71.8 Å². The monoisotopic (exact) mass is 736 g/mol. The van der Waals surface area contributed by atoms with Crippen LogP contribution in [0.5, 0.6) is 0 Å². The highest BCUT2D eigenvalue weighted by molar-refractivity contribution is 6.15. The Balaban J connectivity index is 0.000000361. The zero-order valence-corrected chi connectivity index (χ0v) is 32.0. The summed E-state index contributed by atoms with van der Waals surface area (Å²) < 4.78 is 15.2. The number of nitrogens with zero attached hydrogens (tertiary/aromatic N) is 4. The number of esters is 2. The summed E-state index contributed by atoms with van der Waals surface area (Å²) in [6.07, 6.45) is 12.8. The molecular formula is C40H53ClN4O7. The van der Waals surface area contributed by atoms with Crippen LogP contribution < -0.4 is 0 Å². The third kappa shape index (κ3) is 13.2. The highest BCUT2D eigenvalue weighted by Crippen LogP contribution is 2.29. The normalized spacial score (nSPS) is 17.6. The summed E-state index contributed by atoms with van der Waals surface area (Å²) in [6, 6.07) is 18.1. The van der Waals surface area contributed by atoms with Gasteiger partial charge in [0.1, 0.15) is 17.7 Å². The van der Waals surface area contributed by atoms with Gasteiger partial charge in [0, 0.05) is 71.6 Å². The van der Waals surface area contributed by atoms with E-state index in [0.717, 1.165) is 11.1 Å². The Morgan fingerprint density at radius 2 is 1.13 bits per heavy atom. The van der Waals surface area contributed by atoms with Crippen LogP contribution >= 0.6 is 11.6 Å². The van der Waals surface area contributed by atoms with E-state index in [1.807, 2.05) is 60.7 Å². The van der Waals surface area contributed by atoms with Gasteiger partial charge >= 0.3 is 18.0 Å². The molecule has 2 fully saturated rings. The number of piperazine rings is 2. The van der Waals surface area contributed by atoms with Crippen molar-refractivity contribution in [1.82, 2.24) is 19.6 Å². The third-order valence-electron chi connectivity index (χ3n) is 8.44. The number of alkyl halides is 1. The van der Waals surface area contributed by atoms with Crippen molar-refractivity contribution in [2.45, 2.75) is 57.2 Å². The molecule has 0 radical (unpaired) electrons. The molecule has 2 aromatic rings. The molecule has 0 aromatic heterocycles. The number of halogens is 1. The molecule has 2 amide bonds. The first-order valence-corrected chi connectivity index (χ1v) is 17.9. The van der Waals surface area contributed by atoms with E-state index in [4.69, 9.17) is 27.1 Å². The minimum atomic E-state index is -0.656. The number of benzene rings is 2. The maximum absolute atomic E-state index is 13.7. The Hall–Kier alpha value is -4.55. The molecule has 0 bridgehead atoms. The number of ether oxygens (including phenoxy) is 3. The first kappa shape index (κ1) is 43.6. The van der Waals surface area contributed by atoms with E-state index < -0.39 is 41.6 Å². The lowest BCUT2D eigenvalue weighted by Gasteiger charge is -2.41.